The first-order valence-corrected chi connectivity index (χ1v) is 6.13. The van der Waals surface area contributed by atoms with Gasteiger partial charge in [0, 0.05) is 12.6 Å². The fourth-order valence-electron chi connectivity index (χ4n) is 1.47. The predicted molar refractivity (Wildman–Crippen MR) is 60.8 cm³/mol. The second-order valence-electron chi connectivity index (χ2n) is 3.27. The van der Waals surface area contributed by atoms with Gasteiger partial charge in [0.2, 0.25) is 0 Å². The molecule has 1 aliphatic heterocycles. The van der Waals surface area contributed by atoms with E-state index >= 15 is 0 Å². The molecule has 2 heterocycles. The molecule has 0 aromatic carbocycles. The zero-order valence-corrected chi connectivity index (χ0v) is 9.95. The average molecular weight is 275 g/mol. The smallest absolute Gasteiger partial charge is 0.261 e. The van der Waals surface area contributed by atoms with Crippen LogP contribution in [0.4, 0.5) is 0 Å². The van der Waals surface area contributed by atoms with Gasteiger partial charge in [0.15, 0.2) is 0 Å². The quantitative estimate of drug-likeness (QED) is 0.860. The van der Waals surface area contributed by atoms with Crippen molar-refractivity contribution in [2.75, 3.05) is 13.1 Å². The van der Waals surface area contributed by atoms with Crippen LogP contribution < -0.4 is 10.6 Å². The number of carbonyl (C=O) groups excluding carboxylic acids is 1. The normalized spacial score (nSPS) is 21.1. The number of nitrogens with one attached hydrogen (secondary N) is 2. The molecule has 1 fully saturated rings. The Balaban J connectivity index is 1.95. The molecular formula is C9H11BrN2OS. The highest BCUT2D eigenvalue weighted by atomic mass is 79.9. The van der Waals surface area contributed by atoms with Crippen LogP contribution in [0.5, 0.6) is 0 Å². The molecule has 0 unspecified atom stereocenters. The van der Waals surface area contributed by atoms with Crippen molar-refractivity contribution in [2.45, 2.75) is 12.5 Å². The molecule has 1 aromatic rings. The first kappa shape index (κ1) is 10.1. The lowest BCUT2D eigenvalue weighted by Crippen LogP contribution is -2.35. The van der Waals surface area contributed by atoms with Gasteiger partial charge in [0.25, 0.3) is 5.91 Å². The lowest BCUT2D eigenvalue weighted by Gasteiger charge is -2.09. The first-order valence-electron chi connectivity index (χ1n) is 4.52. The summed E-state index contributed by atoms with van der Waals surface area (Å²) < 4.78 is 0.993. The number of amides is 1. The number of hydrogen-bond donors (Lipinski definition) is 2. The Morgan fingerprint density at radius 2 is 2.50 bits per heavy atom. The molecule has 14 heavy (non-hydrogen) atoms. The standard InChI is InChI=1S/C9H11BrN2OS/c10-8-2-1-7(14-8)9(13)12-6-3-4-11-5-6/h1-2,6,11H,3-5H2,(H,12,13)/t6-/m0/s1. The average Bonchev–Trinajstić information content (AvgIpc) is 2.75. The molecule has 1 aromatic heterocycles. The van der Waals surface area contributed by atoms with Crippen LogP contribution in [-0.2, 0) is 0 Å². The molecule has 5 heteroatoms. The Morgan fingerprint density at radius 3 is 3.07 bits per heavy atom. The summed E-state index contributed by atoms with van der Waals surface area (Å²) in [5.41, 5.74) is 0. The van der Waals surface area contributed by atoms with Crippen molar-refractivity contribution in [3.05, 3.63) is 20.8 Å². The highest BCUT2D eigenvalue weighted by Crippen LogP contribution is 2.22. The van der Waals surface area contributed by atoms with Crippen molar-refractivity contribution in [3.63, 3.8) is 0 Å². The molecule has 0 saturated carbocycles. The molecule has 1 saturated heterocycles. The van der Waals surface area contributed by atoms with Crippen LogP contribution in [0, 0.1) is 0 Å². The summed E-state index contributed by atoms with van der Waals surface area (Å²) in [6.45, 7) is 1.89. The van der Waals surface area contributed by atoms with Crippen molar-refractivity contribution in [3.8, 4) is 0 Å². The van der Waals surface area contributed by atoms with Gasteiger partial charge in [0.1, 0.15) is 0 Å². The van der Waals surface area contributed by atoms with E-state index in [1.54, 1.807) is 0 Å². The topological polar surface area (TPSA) is 41.1 Å². The van der Waals surface area contributed by atoms with Gasteiger partial charge in [-0.1, -0.05) is 0 Å². The molecule has 1 atom stereocenters. The van der Waals surface area contributed by atoms with E-state index in [1.165, 1.54) is 11.3 Å². The fraction of sp³-hybridized carbons (Fsp3) is 0.444. The summed E-state index contributed by atoms with van der Waals surface area (Å²) in [5, 5.41) is 6.21. The highest BCUT2D eigenvalue weighted by molar-refractivity contribution is 9.11. The van der Waals surface area contributed by atoms with Crippen LogP contribution in [0.3, 0.4) is 0 Å². The Morgan fingerprint density at radius 1 is 1.64 bits per heavy atom. The minimum Gasteiger partial charge on any atom is -0.347 e. The molecule has 0 bridgehead atoms. The number of halogens is 1. The zero-order valence-electron chi connectivity index (χ0n) is 7.55. The number of thiophene rings is 1. The molecule has 1 amide bonds. The van der Waals surface area contributed by atoms with E-state index in [-0.39, 0.29) is 5.91 Å². The second-order valence-corrected chi connectivity index (χ2v) is 5.73. The summed E-state index contributed by atoms with van der Waals surface area (Å²) in [6, 6.07) is 4.03. The zero-order chi connectivity index (χ0) is 9.97. The van der Waals surface area contributed by atoms with E-state index in [1.807, 2.05) is 12.1 Å². The van der Waals surface area contributed by atoms with Gasteiger partial charge in [0.05, 0.1) is 8.66 Å². The van der Waals surface area contributed by atoms with Gasteiger partial charge in [-0.3, -0.25) is 4.79 Å². The monoisotopic (exact) mass is 274 g/mol. The first-order chi connectivity index (χ1) is 6.75. The fourth-order valence-corrected chi connectivity index (χ4v) is 2.76. The third-order valence-corrected chi connectivity index (χ3v) is 3.81. The van der Waals surface area contributed by atoms with Crippen molar-refractivity contribution >= 4 is 33.2 Å². The molecular weight excluding hydrogens is 264 g/mol. The molecule has 0 aliphatic carbocycles. The molecule has 1 aliphatic rings. The molecule has 76 valence electrons. The van der Waals surface area contributed by atoms with Gasteiger partial charge in [-0.15, -0.1) is 11.3 Å². The minimum absolute atomic E-state index is 0.0365. The van der Waals surface area contributed by atoms with Gasteiger partial charge in [-0.25, -0.2) is 0 Å². The van der Waals surface area contributed by atoms with Crippen LogP contribution in [0.25, 0.3) is 0 Å². The van der Waals surface area contributed by atoms with E-state index in [0.29, 0.717) is 6.04 Å². The van der Waals surface area contributed by atoms with Crippen molar-refractivity contribution in [1.29, 1.82) is 0 Å². The predicted octanol–water partition coefficient (Wildman–Crippen LogP) is 1.60. The summed E-state index contributed by atoms with van der Waals surface area (Å²) in [6.07, 6.45) is 1.03. The van der Waals surface area contributed by atoms with Crippen molar-refractivity contribution < 1.29 is 4.79 Å². The largest absolute Gasteiger partial charge is 0.347 e. The molecule has 0 radical (unpaired) electrons. The minimum atomic E-state index is 0.0365. The van der Waals surface area contributed by atoms with Gasteiger partial charge in [-0.05, 0) is 41.0 Å². The van der Waals surface area contributed by atoms with Crippen LogP contribution in [0.1, 0.15) is 16.1 Å². The SMILES string of the molecule is O=C(N[C@H]1CCNC1)c1ccc(Br)s1. The third-order valence-electron chi connectivity index (χ3n) is 2.19. The molecule has 0 spiro atoms. The Bertz CT molecular complexity index is 333. The summed E-state index contributed by atoms with van der Waals surface area (Å²) in [5.74, 6) is 0.0365. The maximum Gasteiger partial charge on any atom is 0.261 e. The van der Waals surface area contributed by atoms with Crippen molar-refractivity contribution in [2.24, 2.45) is 0 Å². The van der Waals surface area contributed by atoms with Gasteiger partial charge < -0.3 is 10.6 Å². The summed E-state index contributed by atoms with van der Waals surface area (Å²) in [7, 11) is 0. The summed E-state index contributed by atoms with van der Waals surface area (Å²) in [4.78, 5) is 12.4. The van der Waals surface area contributed by atoms with Crippen LogP contribution >= 0.6 is 27.3 Å². The van der Waals surface area contributed by atoms with E-state index < -0.39 is 0 Å². The van der Waals surface area contributed by atoms with E-state index in [2.05, 4.69) is 26.6 Å². The lowest BCUT2D eigenvalue weighted by molar-refractivity contribution is 0.0944. The van der Waals surface area contributed by atoms with E-state index in [0.717, 1.165) is 28.2 Å². The Hall–Kier alpha value is -0.390. The van der Waals surface area contributed by atoms with E-state index in [9.17, 15) is 4.79 Å². The van der Waals surface area contributed by atoms with Gasteiger partial charge >= 0.3 is 0 Å². The Labute approximate surface area is 95.0 Å². The van der Waals surface area contributed by atoms with Crippen LogP contribution in [-0.4, -0.2) is 25.0 Å². The lowest BCUT2D eigenvalue weighted by atomic mass is 10.2. The molecule has 2 rings (SSSR count). The maximum atomic E-state index is 11.7. The second kappa shape index (κ2) is 4.42. The number of rotatable bonds is 2. The molecule has 3 nitrogen and oxygen atoms in total. The Kier molecular flexibility index (Phi) is 3.20. The molecule has 2 N–H and O–H groups in total. The number of carbonyl (C=O) groups is 1. The highest BCUT2D eigenvalue weighted by Gasteiger charge is 2.18. The number of hydrogen-bond acceptors (Lipinski definition) is 3. The van der Waals surface area contributed by atoms with Crippen molar-refractivity contribution in [1.82, 2.24) is 10.6 Å². The summed E-state index contributed by atoms with van der Waals surface area (Å²) >= 11 is 4.80. The third kappa shape index (κ3) is 2.34. The maximum absolute atomic E-state index is 11.7. The van der Waals surface area contributed by atoms with Gasteiger partial charge in [-0.2, -0.15) is 0 Å². The van der Waals surface area contributed by atoms with Crippen LogP contribution in [0.2, 0.25) is 0 Å². The van der Waals surface area contributed by atoms with E-state index in [4.69, 9.17) is 0 Å². The van der Waals surface area contributed by atoms with Crippen LogP contribution in [0.15, 0.2) is 15.9 Å².